The van der Waals surface area contributed by atoms with Gasteiger partial charge in [0, 0.05) is 47.9 Å². The van der Waals surface area contributed by atoms with Crippen molar-refractivity contribution in [3.63, 3.8) is 0 Å². The Hall–Kier alpha value is -5.35. The zero-order valence-corrected chi connectivity index (χ0v) is 28.0. The van der Waals surface area contributed by atoms with Crippen LogP contribution in [0.25, 0.3) is 67.0 Å². The van der Waals surface area contributed by atoms with E-state index in [9.17, 15) is 0 Å². The maximum atomic E-state index is 7.23. The van der Waals surface area contributed by atoms with Gasteiger partial charge in [-0.15, -0.1) is 35.9 Å². The third-order valence-electron chi connectivity index (χ3n) is 7.77. The first-order chi connectivity index (χ1) is 23.8. The largest absolute Gasteiger partial charge is 0.557 e. The van der Waals surface area contributed by atoms with Gasteiger partial charge in [0.15, 0.2) is 0 Å². The fourth-order valence-corrected chi connectivity index (χ4v) is 5.40. The molecule has 0 saturated carbocycles. The summed E-state index contributed by atoms with van der Waals surface area (Å²) in [6.07, 6.45) is 4.51. The van der Waals surface area contributed by atoms with Crippen LogP contribution in [0.1, 0.15) is 22.2 Å². The molecule has 5 heteroatoms. The Morgan fingerprint density at radius 3 is 2.32 bits per heavy atom. The van der Waals surface area contributed by atoms with E-state index in [-0.39, 0.29) is 25.7 Å². The Bertz CT molecular complexity index is 2380. The molecule has 0 bridgehead atoms. The second-order valence-corrected chi connectivity index (χ2v) is 11.0. The van der Waals surface area contributed by atoms with E-state index in [4.69, 9.17) is 13.5 Å². The Balaban J connectivity index is 0.000000215. The number of pyridine rings is 1. The minimum atomic E-state index is -2.09. The van der Waals surface area contributed by atoms with Crippen LogP contribution in [0.15, 0.2) is 151 Å². The summed E-state index contributed by atoms with van der Waals surface area (Å²) < 4.78 is 29.7. The van der Waals surface area contributed by atoms with Gasteiger partial charge in [0.1, 0.15) is 0 Å². The third kappa shape index (κ3) is 6.64. The summed E-state index contributed by atoms with van der Waals surface area (Å²) in [5.41, 5.74) is 10.9. The topological polar surface area (TPSA) is 43.9 Å². The van der Waals surface area contributed by atoms with E-state index in [1.165, 1.54) is 17.3 Å². The van der Waals surface area contributed by atoms with E-state index in [0.717, 1.165) is 61.5 Å². The summed E-state index contributed by atoms with van der Waals surface area (Å²) in [5.74, 6) is 0.807. The van der Waals surface area contributed by atoms with Crippen molar-refractivity contribution in [3.8, 4) is 39.5 Å². The quantitative estimate of drug-likeness (QED) is 0.163. The van der Waals surface area contributed by atoms with E-state index in [0.29, 0.717) is 0 Å². The predicted octanol–water partition coefficient (Wildman–Crippen LogP) is 10.8. The van der Waals surface area contributed by atoms with Crippen molar-refractivity contribution in [2.45, 2.75) is 13.8 Å². The van der Waals surface area contributed by atoms with Crippen LogP contribution in [0, 0.1) is 19.2 Å². The van der Waals surface area contributed by atoms with E-state index >= 15 is 0 Å². The van der Waals surface area contributed by atoms with Crippen molar-refractivity contribution in [3.05, 3.63) is 170 Å². The molecule has 0 aliphatic heterocycles. The van der Waals surface area contributed by atoms with Crippen LogP contribution >= 0.6 is 0 Å². The fourth-order valence-electron chi connectivity index (χ4n) is 5.40. The smallest absolute Gasteiger partial charge is 0.0774 e. The number of benzene rings is 5. The number of fused-ring (bicyclic) bond motifs is 2. The number of aryl methyl sites for hydroxylation is 1. The maximum Gasteiger partial charge on any atom is 0.0774 e. The summed E-state index contributed by atoms with van der Waals surface area (Å²) in [6.45, 7) is 4.01. The monoisotopic (exact) mass is 789 g/mol. The van der Waals surface area contributed by atoms with Crippen molar-refractivity contribution in [2.75, 3.05) is 0 Å². The Morgan fingerprint density at radius 2 is 1.60 bits per heavy atom. The van der Waals surface area contributed by atoms with Crippen molar-refractivity contribution in [2.24, 2.45) is 0 Å². The molecule has 3 aromatic heterocycles. The van der Waals surface area contributed by atoms with E-state index in [1.807, 2.05) is 61.5 Å². The zero-order valence-electron chi connectivity index (χ0n) is 28.6. The van der Waals surface area contributed by atoms with E-state index in [1.54, 1.807) is 18.2 Å². The van der Waals surface area contributed by atoms with Crippen molar-refractivity contribution in [1.29, 1.82) is 0 Å². The molecule has 0 N–H and O–H groups in total. The summed E-state index contributed by atoms with van der Waals surface area (Å²) in [6, 6.07) is 47.1. The second kappa shape index (κ2) is 14.0. The van der Waals surface area contributed by atoms with Crippen molar-refractivity contribution in [1.82, 2.24) is 14.5 Å². The van der Waals surface area contributed by atoms with Gasteiger partial charge in [-0.05, 0) is 66.0 Å². The summed E-state index contributed by atoms with van der Waals surface area (Å²) in [4.78, 5) is 9.11. The number of rotatable bonds is 5. The first kappa shape index (κ1) is 27.9. The minimum Gasteiger partial charge on any atom is -0.557 e. The molecule has 0 amide bonds. The predicted molar refractivity (Wildman–Crippen MR) is 189 cm³/mol. The SMILES string of the molecule is C=C(C)c1ccc2o[c-]c(-c3nc4ccccc4n3-c3ccc(-c4ccccc4)cc3)c2c1.[2H]C([2H])([2H])c1ccc(-c2[c-]cccc2)nc1.[Ir]. The molecule has 8 aromatic rings. The molecule has 231 valence electrons. The van der Waals surface area contributed by atoms with Crippen LogP contribution in [-0.4, -0.2) is 14.5 Å². The average molecular weight is 789 g/mol. The number of para-hydroxylation sites is 2. The van der Waals surface area contributed by atoms with Crippen LogP contribution in [0.4, 0.5) is 0 Å². The molecular weight excluding hydrogens is 755 g/mol. The number of hydrogen-bond acceptors (Lipinski definition) is 3. The van der Waals surface area contributed by atoms with Crippen LogP contribution in [0.2, 0.25) is 0 Å². The minimum absolute atomic E-state index is 0. The molecule has 0 saturated heterocycles. The molecule has 0 aliphatic rings. The summed E-state index contributed by atoms with van der Waals surface area (Å²) in [5, 5.41) is 0.980. The van der Waals surface area contributed by atoms with E-state index in [2.05, 4.69) is 89.1 Å². The second-order valence-electron chi connectivity index (χ2n) is 11.0. The van der Waals surface area contributed by atoms with Gasteiger partial charge in [-0.25, -0.2) is 0 Å². The van der Waals surface area contributed by atoms with Crippen LogP contribution < -0.4 is 0 Å². The van der Waals surface area contributed by atoms with Crippen molar-refractivity contribution < 1.29 is 28.6 Å². The third-order valence-corrected chi connectivity index (χ3v) is 7.77. The van der Waals surface area contributed by atoms with Crippen molar-refractivity contribution >= 4 is 27.6 Å². The first-order valence-corrected chi connectivity index (χ1v) is 14.9. The number of imidazole rings is 1. The van der Waals surface area contributed by atoms with Gasteiger partial charge in [-0.3, -0.25) is 4.98 Å². The summed E-state index contributed by atoms with van der Waals surface area (Å²) in [7, 11) is 0. The molecule has 0 aliphatic carbocycles. The van der Waals surface area contributed by atoms with Crippen LogP contribution in [0.3, 0.4) is 0 Å². The number of furan rings is 1. The Kier molecular flexibility index (Phi) is 8.29. The Morgan fingerprint density at radius 1 is 0.830 bits per heavy atom. The number of nitrogens with zero attached hydrogens (tertiary/aromatic N) is 3. The zero-order chi connectivity index (χ0) is 34.0. The van der Waals surface area contributed by atoms with Gasteiger partial charge in [-0.1, -0.05) is 108 Å². The number of aromatic nitrogens is 3. The first-order valence-electron chi connectivity index (χ1n) is 16.4. The molecule has 4 nitrogen and oxygen atoms in total. The van der Waals surface area contributed by atoms with Gasteiger partial charge in [0.05, 0.1) is 16.9 Å². The van der Waals surface area contributed by atoms with Gasteiger partial charge in [0.2, 0.25) is 0 Å². The number of allylic oxidation sites excluding steroid dienone is 1. The van der Waals surface area contributed by atoms with Crippen LogP contribution in [-0.2, 0) is 20.1 Å². The van der Waals surface area contributed by atoms with Gasteiger partial charge in [-0.2, -0.15) is 0 Å². The molecule has 47 heavy (non-hydrogen) atoms. The molecule has 3 heterocycles. The average Bonchev–Trinajstić information content (AvgIpc) is 3.74. The maximum absolute atomic E-state index is 7.23. The van der Waals surface area contributed by atoms with Gasteiger partial charge < -0.3 is 14.0 Å². The van der Waals surface area contributed by atoms with Crippen LogP contribution in [0.5, 0.6) is 0 Å². The molecule has 0 fully saturated rings. The molecule has 0 atom stereocenters. The van der Waals surface area contributed by atoms with E-state index < -0.39 is 6.85 Å². The normalized spacial score (nSPS) is 11.9. The number of hydrogen-bond donors (Lipinski definition) is 0. The fraction of sp³-hybridized carbons (Fsp3) is 0.0476. The molecule has 5 aromatic carbocycles. The summed E-state index contributed by atoms with van der Waals surface area (Å²) >= 11 is 0. The van der Waals surface area contributed by atoms with Gasteiger partial charge >= 0.3 is 0 Å². The standard InChI is InChI=1S/C30H21N2O.C12H10N.Ir/c1-20(2)23-14-17-29-25(18-23)26(19-33-29)30-31-27-10-6-7-11-28(27)32(30)24-15-12-22(13-16-24)21-8-4-3-5-9-21;1-10-7-8-12(13-9-10)11-5-3-2-4-6-11;/h3-18H,1H2,2H3;2-5,7-9H,1H3;/q2*-1;/i;1D3;. The molecule has 8 rings (SSSR count). The molecule has 1 radical (unpaired) electrons. The molecule has 0 spiro atoms. The molecule has 0 unspecified atom stereocenters. The molecular formula is C42H31IrN3O-2. The van der Waals surface area contributed by atoms with Gasteiger partial charge in [0.25, 0.3) is 0 Å². The Labute approximate surface area is 292 Å².